The minimum absolute atomic E-state index is 0.0678. The highest BCUT2D eigenvalue weighted by Crippen LogP contribution is 2.10. The van der Waals surface area contributed by atoms with Crippen molar-refractivity contribution in [2.45, 2.75) is 51.5 Å². The number of ether oxygens (including phenoxy) is 1. The number of carbonyl (C=O) groups excluding carboxylic acids is 1. The molecule has 0 aromatic rings. The molecule has 0 aliphatic carbocycles. The SMILES string of the molecule is CC(O)C(O)CSC[C@H](NC(=O)OC(C)(C)C)C(=O)O. The molecule has 0 rings (SSSR count). The molecule has 0 aromatic heterocycles. The summed E-state index contributed by atoms with van der Waals surface area (Å²) in [5.74, 6) is -0.939. The van der Waals surface area contributed by atoms with E-state index in [1.54, 1.807) is 20.8 Å². The summed E-state index contributed by atoms with van der Waals surface area (Å²) in [6, 6.07) is -1.11. The zero-order valence-electron chi connectivity index (χ0n) is 12.1. The van der Waals surface area contributed by atoms with E-state index in [-0.39, 0.29) is 11.5 Å². The number of carboxylic acids is 1. The molecular formula is C12H23NO6S. The van der Waals surface area contributed by atoms with Crippen LogP contribution in [0.3, 0.4) is 0 Å². The van der Waals surface area contributed by atoms with Crippen molar-refractivity contribution in [1.29, 1.82) is 0 Å². The molecule has 0 saturated heterocycles. The van der Waals surface area contributed by atoms with E-state index in [2.05, 4.69) is 5.32 Å². The van der Waals surface area contributed by atoms with Gasteiger partial charge in [-0.25, -0.2) is 9.59 Å². The van der Waals surface area contributed by atoms with Gasteiger partial charge in [0.1, 0.15) is 11.6 Å². The molecule has 4 N–H and O–H groups in total. The summed E-state index contributed by atoms with van der Waals surface area (Å²) < 4.78 is 4.97. The fourth-order valence-electron chi connectivity index (χ4n) is 1.07. The minimum atomic E-state index is -1.19. The number of amides is 1. The van der Waals surface area contributed by atoms with Crippen molar-refractivity contribution >= 4 is 23.8 Å². The largest absolute Gasteiger partial charge is 0.480 e. The first-order valence-electron chi connectivity index (χ1n) is 6.19. The summed E-state index contributed by atoms with van der Waals surface area (Å²) in [5, 5.41) is 29.7. The Kier molecular flexibility index (Phi) is 7.92. The highest BCUT2D eigenvalue weighted by atomic mass is 32.2. The van der Waals surface area contributed by atoms with Crippen LogP contribution < -0.4 is 5.32 Å². The second kappa shape index (κ2) is 8.33. The van der Waals surface area contributed by atoms with Gasteiger partial charge >= 0.3 is 12.1 Å². The number of hydrogen-bond acceptors (Lipinski definition) is 6. The number of aliphatic hydroxyl groups excluding tert-OH is 2. The Morgan fingerprint density at radius 3 is 2.20 bits per heavy atom. The Morgan fingerprint density at radius 2 is 1.80 bits per heavy atom. The third-order valence-corrected chi connectivity index (χ3v) is 3.27. The standard InChI is InChI=1S/C12H23NO6S/c1-7(14)9(15)6-20-5-8(10(16)17)13-11(18)19-12(2,3)4/h7-9,14-15H,5-6H2,1-4H3,(H,13,18)(H,16,17)/t7?,8-,9?/m0/s1. The molecule has 0 aliphatic heterocycles. The lowest BCUT2D eigenvalue weighted by Crippen LogP contribution is -2.45. The summed E-state index contributed by atoms with van der Waals surface area (Å²) in [5.41, 5.74) is -0.706. The van der Waals surface area contributed by atoms with Gasteiger partial charge < -0.3 is 25.4 Å². The van der Waals surface area contributed by atoms with Crippen LogP contribution in [0.25, 0.3) is 0 Å². The highest BCUT2D eigenvalue weighted by Gasteiger charge is 2.24. The molecule has 0 radical (unpaired) electrons. The third kappa shape index (κ3) is 9.00. The van der Waals surface area contributed by atoms with Gasteiger partial charge in [-0.1, -0.05) is 0 Å². The number of carboxylic acid groups (broad SMARTS) is 1. The lowest BCUT2D eigenvalue weighted by molar-refractivity contribution is -0.138. The molecule has 2 unspecified atom stereocenters. The molecule has 7 nitrogen and oxygen atoms in total. The van der Waals surface area contributed by atoms with E-state index >= 15 is 0 Å². The molecule has 0 saturated carbocycles. The van der Waals surface area contributed by atoms with Crippen LogP contribution in [0.4, 0.5) is 4.79 Å². The van der Waals surface area contributed by atoms with Crippen LogP contribution in [-0.4, -0.2) is 62.7 Å². The molecule has 0 aromatic carbocycles. The number of nitrogens with one attached hydrogen (secondary N) is 1. The van der Waals surface area contributed by atoms with E-state index in [1.165, 1.54) is 6.92 Å². The second-order valence-corrected chi connectivity index (χ2v) is 6.46. The van der Waals surface area contributed by atoms with Gasteiger partial charge in [0.2, 0.25) is 0 Å². The smallest absolute Gasteiger partial charge is 0.408 e. The lowest BCUT2D eigenvalue weighted by atomic mass is 10.2. The first-order valence-corrected chi connectivity index (χ1v) is 7.34. The molecule has 0 aliphatic rings. The van der Waals surface area contributed by atoms with E-state index < -0.39 is 35.9 Å². The van der Waals surface area contributed by atoms with Crippen molar-refractivity contribution in [3.05, 3.63) is 0 Å². The quantitative estimate of drug-likeness (QED) is 0.539. The number of hydrogen-bond donors (Lipinski definition) is 4. The van der Waals surface area contributed by atoms with Gasteiger partial charge in [-0.2, -0.15) is 11.8 Å². The first kappa shape index (κ1) is 19.0. The van der Waals surface area contributed by atoms with E-state index in [4.69, 9.17) is 14.9 Å². The summed E-state index contributed by atoms with van der Waals surface area (Å²) in [6.07, 6.45) is -2.62. The number of alkyl carbamates (subject to hydrolysis) is 1. The Bertz CT molecular complexity index is 328. The van der Waals surface area contributed by atoms with Crippen LogP contribution in [0.2, 0.25) is 0 Å². The zero-order chi connectivity index (χ0) is 15.9. The van der Waals surface area contributed by atoms with Gasteiger partial charge in [0.05, 0.1) is 12.2 Å². The molecule has 3 atom stereocenters. The van der Waals surface area contributed by atoms with Crippen molar-refractivity contribution < 1.29 is 29.6 Å². The zero-order valence-corrected chi connectivity index (χ0v) is 12.9. The first-order chi connectivity index (χ1) is 9.03. The second-order valence-electron chi connectivity index (χ2n) is 5.38. The average Bonchev–Trinajstić information content (AvgIpc) is 2.24. The number of rotatable bonds is 7. The molecule has 20 heavy (non-hydrogen) atoms. The third-order valence-electron chi connectivity index (χ3n) is 2.12. The predicted octanol–water partition coefficient (Wildman–Crippen LogP) is 0.439. The molecule has 118 valence electrons. The number of aliphatic carboxylic acids is 1. The summed E-state index contributed by atoms with van der Waals surface area (Å²) in [6.45, 7) is 6.47. The van der Waals surface area contributed by atoms with Crippen LogP contribution in [0.15, 0.2) is 0 Å². The van der Waals surface area contributed by atoms with Crippen LogP contribution in [0, 0.1) is 0 Å². The van der Waals surface area contributed by atoms with E-state index in [1.807, 2.05) is 0 Å². The fourth-order valence-corrected chi connectivity index (χ4v) is 2.19. The number of aliphatic hydroxyl groups is 2. The minimum Gasteiger partial charge on any atom is -0.480 e. The van der Waals surface area contributed by atoms with E-state index in [9.17, 15) is 14.7 Å². The Hall–Kier alpha value is -0.990. The Balaban J connectivity index is 4.25. The van der Waals surface area contributed by atoms with Gasteiger partial charge in [0.25, 0.3) is 0 Å². The van der Waals surface area contributed by atoms with Gasteiger partial charge in [-0.15, -0.1) is 0 Å². The maximum atomic E-state index is 11.5. The fraction of sp³-hybridized carbons (Fsp3) is 0.833. The normalized spacial score (nSPS) is 16.1. The van der Waals surface area contributed by atoms with Crippen molar-refractivity contribution in [2.24, 2.45) is 0 Å². The summed E-state index contributed by atoms with van der Waals surface area (Å²) in [4.78, 5) is 22.5. The summed E-state index contributed by atoms with van der Waals surface area (Å²) >= 11 is 1.12. The molecule has 0 fully saturated rings. The van der Waals surface area contributed by atoms with Crippen molar-refractivity contribution in [1.82, 2.24) is 5.32 Å². The maximum Gasteiger partial charge on any atom is 0.408 e. The molecule has 8 heteroatoms. The average molecular weight is 309 g/mol. The van der Waals surface area contributed by atoms with Gasteiger partial charge in [-0.05, 0) is 27.7 Å². The van der Waals surface area contributed by atoms with E-state index in [0.717, 1.165) is 11.8 Å². The number of thioether (sulfide) groups is 1. The van der Waals surface area contributed by atoms with Crippen LogP contribution in [-0.2, 0) is 9.53 Å². The lowest BCUT2D eigenvalue weighted by Gasteiger charge is -2.22. The van der Waals surface area contributed by atoms with Crippen molar-refractivity contribution in [2.75, 3.05) is 11.5 Å². The molecule has 0 bridgehead atoms. The topological polar surface area (TPSA) is 116 Å². The molecule has 0 heterocycles. The van der Waals surface area contributed by atoms with Gasteiger partial charge in [0, 0.05) is 11.5 Å². The summed E-state index contributed by atoms with van der Waals surface area (Å²) in [7, 11) is 0. The van der Waals surface area contributed by atoms with Crippen molar-refractivity contribution in [3.8, 4) is 0 Å². The molecule has 1 amide bonds. The highest BCUT2D eigenvalue weighted by molar-refractivity contribution is 7.99. The van der Waals surface area contributed by atoms with Crippen molar-refractivity contribution in [3.63, 3.8) is 0 Å². The van der Waals surface area contributed by atoms with Gasteiger partial charge in [-0.3, -0.25) is 0 Å². The van der Waals surface area contributed by atoms with E-state index in [0.29, 0.717) is 0 Å². The molecular weight excluding hydrogens is 286 g/mol. The number of carbonyl (C=O) groups is 2. The van der Waals surface area contributed by atoms with Gasteiger partial charge in [0.15, 0.2) is 0 Å². The monoisotopic (exact) mass is 309 g/mol. The van der Waals surface area contributed by atoms with Crippen LogP contribution in [0.1, 0.15) is 27.7 Å². The Labute approximate surface area is 122 Å². The molecule has 0 spiro atoms. The maximum absolute atomic E-state index is 11.5. The predicted molar refractivity (Wildman–Crippen MR) is 75.8 cm³/mol. The van der Waals surface area contributed by atoms with Crippen LogP contribution in [0.5, 0.6) is 0 Å². The Morgan fingerprint density at radius 1 is 1.25 bits per heavy atom. The van der Waals surface area contributed by atoms with Crippen LogP contribution >= 0.6 is 11.8 Å².